The average molecular weight is 171 g/mol. The molecule has 1 aliphatic heterocycles. The first-order valence-corrected chi connectivity index (χ1v) is 4.61. The molecule has 0 amide bonds. The second-order valence-electron chi connectivity index (χ2n) is 3.22. The third-order valence-electron chi connectivity index (χ3n) is 2.32. The van der Waals surface area contributed by atoms with E-state index in [-0.39, 0.29) is 0 Å². The lowest BCUT2D eigenvalue weighted by Gasteiger charge is -2.32. The van der Waals surface area contributed by atoms with Crippen LogP contribution in [0.4, 0.5) is 0 Å². The van der Waals surface area contributed by atoms with E-state index in [0.29, 0.717) is 6.04 Å². The van der Waals surface area contributed by atoms with Gasteiger partial charge in [-0.1, -0.05) is 0 Å². The number of rotatable bonds is 4. The second kappa shape index (κ2) is 5.51. The highest BCUT2D eigenvalue weighted by Crippen LogP contribution is 2.04. The molecule has 0 spiro atoms. The van der Waals surface area contributed by atoms with Crippen molar-refractivity contribution < 1.29 is 4.74 Å². The summed E-state index contributed by atoms with van der Waals surface area (Å²) in [4.78, 5) is 2.41. The molecule has 12 heavy (non-hydrogen) atoms. The van der Waals surface area contributed by atoms with Crippen LogP contribution in [0.5, 0.6) is 0 Å². The Kier molecular flexibility index (Phi) is 4.58. The average Bonchev–Trinajstić information content (AvgIpc) is 2.15. The van der Waals surface area contributed by atoms with Crippen LogP contribution in [0, 0.1) is 6.92 Å². The van der Waals surface area contributed by atoms with Crippen molar-refractivity contribution in [2.75, 3.05) is 39.9 Å². The maximum Gasteiger partial charge on any atom is 0.0477 e. The van der Waals surface area contributed by atoms with Gasteiger partial charge in [0, 0.05) is 45.9 Å². The summed E-state index contributed by atoms with van der Waals surface area (Å²) < 4.78 is 5.02. The number of methoxy groups -OCH3 is 1. The fraction of sp³-hybridized carbons (Fsp3) is 0.889. The summed E-state index contributed by atoms with van der Waals surface area (Å²) in [6.45, 7) is 9.37. The number of nitrogens with one attached hydrogen (secondary N) is 1. The summed E-state index contributed by atoms with van der Waals surface area (Å²) in [5.41, 5.74) is 0. The third kappa shape index (κ3) is 3.09. The summed E-state index contributed by atoms with van der Waals surface area (Å²) in [7, 11) is 1.74. The summed E-state index contributed by atoms with van der Waals surface area (Å²) in [6, 6.07) is 0.423. The molecule has 1 radical (unpaired) electrons. The Morgan fingerprint density at radius 2 is 2.17 bits per heavy atom. The fourth-order valence-corrected chi connectivity index (χ4v) is 1.48. The van der Waals surface area contributed by atoms with E-state index in [1.165, 1.54) is 0 Å². The smallest absolute Gasteiger partial charge is 0.0477 e. The van der Waals surface area contributed by atoms with Gasteiger partial charge in [0.25, 0.3) is 0 Å². The van der Waals surface area contributed by atoms with Gasteiger partial charge in [0.05, 0.1) is 0 Å². The summed E-state index contributed by atoms with van der Waals surface area (Å²) >= 11 is 0. The Balaban J connectivity index is 2.15. The molecule has 0 aromatic rings. The van der Waals surface area contributed by atoms with Gasteiger partial charge in [-0.2, -0.15) is 0 Å². The first kappa shape index (κ1) is 9.96. The number of hydrogen-bond donors (Lipinski definition) is 1. The molecule has 1 heterocycles. The van der Waals surface area contributed by atoms with Crippen LogP contribution in [0.25, 0.3) is 0 Å². The standard InChI is InChI=1S/C9H19N2O/c1-9(3-8-12-2)11-6-4-10-5-7-11/h9-10H,1,3-8H2,2H3. The van der Waals surface area contributed by atoms with E-state index >= 15 is 0 Å². The Morgan fingerprint density at radius 1 is 1.50 bits per heavy atom. The van der Waals surface area contributed by atoms with E-state index in [1.54, 1.807) is 7.11 Å². The highest BCUT2D eigenvalue weighted by atomic mass is 16.5. The fourth-order valence-electron chi connectivity index (χ4n) is 1.48. The maximum absolute atomic E-state index is 5.02. The van der Waals surface area contributed by atoms with Crippen LogP contribution in [0.15, 0.2) is 0 Å². The Hall–Kier alpha value is -0.120. The molecule has 0 saturated carbocycles. The van der Waals surface area contributed by atoms with Gasteiger partial charge in [-0.25, -0.2) is 0 Å². The first-order chi connectivity index (χ1) is 5.84. The van der Waals surface area contributed by atoms with Crippen LogP contribution in [-0.2, 0) is 4.74 Å². The van der Waals surface area contributed by atoms with Crippen molar-refractivity contribution in [1.29, 1.82) is 0 Å². The molecule has 1 fully saturated rings. The van der Waals surface area contributed by atoms with Crippen molar-refractivity contribution in [3.05, 3.63) is 6.92 Å². The molecule has 0 bridgehead atoms. The third-order valence-corrected chi connectivity index (χ3v) is 2.32. The molecule has 3 heteroatoms. The van der Waals surface area contributed by atoms with Crippen molar-refractivity contribution in [3.8, 4) is 0 Å². The van der Waals surface area contributed by atoms with E-state index in [0.717, 1.165) is 39.2 Å². The first-order valence-electron chi connectivity index (χ1n) is 4.61. The van der Waals surface area contributed by atoms with Gasteiger partial charge in [0.2, 0.25) is 0 Å². The van der Waals surface area contributed by atoms with Crippen molar-refractivity contribution in [2.24, 2.45) is 0 Å². The Morgan fingerprint density at radius 3 is 2.75 bits per heavy atom. The normalized spacial score (nSPS) is 22.5. The molecule has 0 aliphatic carbocycles. The molecule has 0 aromatic heterocycles. The number of ether oxygens (including phenoxy) is 1. The van der Waals surface area contributed by atoms with Crippen LogP contribution in [0.2, 0.25) is 0 Å². The number of piperazine rings is 1. The molecular weight excluding hydrogens is 152 g/mol. The van der Waals surface area contributed by atoms with Crippen molar-refractivity contribution >= 4 is 0 Å². The Labute approximate surface area is 75.1 Å². The highest BCUT2D eigenvalue weighted by molar-refractivity contribution is 4.77. The lowest BCUT2D eigenvalue weighted by molar-refractivity contribution is 0.139. The zero-order valence-electron chi connectivity index (χ0n) is 7.88. The van der Waals surface area contributed by atoms with Gasteiger partial charge < -0.3 is 10.1 Å². The van der Waals surface area contributed by atoms with E-state index in [1.807, 2.05) is 0 Å². The molecule has 1 atom stereocenters. The van der Waals surface area contributed by atoms with Gasteiger partial charge in [0.15, 0.2) is 0 Å². The van der Waals surface area contributed by atoms with Crippen LogP contribution in [0.1, 0.15) is 6.42 Å². The zero-order chi connectivity index (χ0) is 8.81. The SMILES string of the molecule is [CH2]C(CCOC)N1CCNCC1. The van der Waals surface area contributed by atoms with E-state index in [4.69, 9.17) is 4.74 Å². The Bertz CT molecular complexity index is 113. The van der Waals surface area contributed by atoms with Crippen LogP contribution < -0.4 is 5.32 Å². The molecule has 1 unspecified atom stereocenters. The number of nitrogens with zero attached hydrogens (tertiary/aromatic N) is 1. The predicted octanol–water partition coefficient (Wildman–Crippen LogP) is 0.131. The van der Waals surface area contributed by atoms with Gasteiger partial charge in [0.1, 0.15) is 0 Å². The van der Waals surface area contributed by atoms with Crippen LogP contribution in [-0.4, -0.2) is 50.8 Å². The van der Waals surface area contributed by atoms with Crippen molar-refractivity contribution in [1.82, 2.24) is 10.2 Å². The van der Waals surface area contributed by atoms with Gasteiger partial charge in [-0.15, -0.1) is 0 Å². The largest absolute Gasteiger partial charge is 0.385 e. The van der Waals surface area contributed by atoms with E-state index in [2.05, 4.69) is 17.1 Å². The molecule has 0 aromatic carbocycles. The zero-order valence-corrected chi connectivity index (χ0v) is 7.88. The van der Waals surface area contributed by atoms with Gasteiger partial charge in [-0.3, -0.25) is 4.90 Å². The molecular formula is C9H19N2O. The van der Waals surface area contributed by atoms with Crippen LogP contribution >= 0.6 is 0 Å². The lowest BCUT2D eigenvalue weighted by atomic mass is 10.2. The summed E-state index contributed by atoms with van der Waals surface area (Å²) in [5.74, 6) is 0. The van der Waals surface area contributed by atoms with E-state index < -0.39 is 0 Å². The van der Waals surface area contributed by atoms with E-state index in [9.17, 15) is 0 Å². The molecule has 3 nitrogen and oxygen atoms in total. The molecule has 1 saturated heterocycles. The van der Waals surface area contributed by atoms with Gasteiger partial charge >= 0.3 is 0 Å². The molecule has 1 N–H and O–H groups in total. The maximum atomic E-state index is 5.02. The molecule has 1 rings (SSSR count). The highest BCUT2D eigenvalue weighted by Gasteiger charge is 2.15. The topological polar surface area (TPSA) is 24.5 Å². The minimum atomic E-state index is 0.423. The second-order valence-corrected chi connectivity index (χ2v) is 3.22. The summed E-state index contributed by atoms with van der Waals surface area (Å²) in [6.07, 6.45) is 1.04. The van der Waals surface area contributed by atoms with Gasteiger partial charge in [-0.05, 0) is 13.3 Å². The van der Waals surface area contributed by atoms with Crippen molar-refractivity contribution in [3.63, 3.8) is 0 Å². The predicted molar refractivity (Wildman–Crippen MR) is 50.1 cm³/mol. The number of hydrogen-bond acceptors (Lipinski definition) is 3. The quantitative estimate of drug-likeness (QED) is 0.651. The van der Waals surface area contributed by atoms with Crippen LogP contribution in [0.3, 0.4) is 0 Å². The molecule has 71 valence electrons. The molecule has 1 aliphatic rings. The minimum absolute atomic E-state index is 0.423. The van der Waals surface area contributed by atoms with Crippen molar-refractivity contribution in [2.45, 2.75) is 12.5 Å². The lowest BCUT2D eigenvalue weighted by Crippen LogP contribution is -2.47. The monoisotopic (exact) mass is 171 g/mol. The minimum Gasteiger partial charge on any atom is -0.385 e. The summed E-state index contributed by atoms with van der Waals surface area (Å²) in [5, 5.41) is 3.32.